The van der Waals surface area contributed by atoms with Crippen molar-refractivity contribution in [2.24, 2.45) is 5.84 Å². The van der Waals surface area contributed by atoms with Gasteiger partial charge in [0.1, 0.15) is 0 Å². The van der Waals surface area contributed by atoms with Gasteiger partial charge in [0.2, 0.25) is 0 Å². The Hall–Kier alpha value is -0.170. The molecule has 0 bridgehead atoms. The normalized spacial score (nSPS) is 12.4. The summed E-state index contributed by atoms with van der Waals surface area (Å²) >= 11 is 0. The van der Waals surface area contributed by atoms with Gasteiger partial charge in [-0.3, -0.25) is 10.4 Å². The van der Waals surface area contributed by atoms with E-state index in [1.807, 2.05) is 6.92 Å². The predicted molar refractivity (Wildman–Crippen MR) is 37.3 cm³/mol. The molecule has 0 atom stereocenters. The van der Waals surface area contributed by atoms with Crippen molar-refractivity contribution in [3.05, 3.63) is 0 Å². The van der Waals surface area contributed by atoms with Gasteiger partial charge in [-0.15, -0.1) is 4.41 Å². The third-order valence-corrected chi connectivity index (χ3v) is 1.80. The quantitative estimate of drug-likeness (QED) is 0.345. The van der Waals surface area contributed by atoms with E-state index in [0.29, 0.717) is 10.8 Å². The second kappa shape index (κ2) is 3.87. The molecule has 0 spiro atoms. The molecule has 0 rings (SSSR count). The van der Waals surface area contributed by atoms with Crippen LogP contribution in [-0.4, -0.2) is 23.9 Å². The molecule has 0 saturated heterocycles. The fraction of sp³-hybridized carbons (Fsp3) is 1.00. The molecule has 0 amide bonds. The maximum absolute atomic E-state index is 10.2. The van der Waals surface area contributed by atoms with Crippen LogP contribution in [0.4, 0.5) is 0 Å². The highest BCUT2D eigenvalue weighted by atomic mass is 32.2. The average Bonchev–Trinajstić information content (AvgIpc) is 1.80. The molecule has 0 aliphatic heterocycles. The third kappa shape index (κ3) is 3.78. The monoisotopic (exact) mass is 168 g/mol. The van der Waals surface area contributed by atoms with Gasteiger partial charge in [0.05, 0.1) is 0 Å². The van der Waals surface area contributed by atoms with Crippen LogP contribution in [0.1, 0.15) is 19.8 Å². The van der Waals surface area contributed by atoms with E-state index in [9.17, 15) is 8.42 Å². The number of unbranched alkanes of at least 4 members (excludes halogenated alkanes) is 1. The molecule has 0 aromatic carbocycles. The molecule has 0 fully saturated rings. The number of nitrogens with zero attached hydrogens (tertiary/aromatic N) is 1. The van der Waals surface area contributed by atoms with Gasteiger partial charge >= 0.3 is 10.3 Å². The molecule has 0 saturated carbocycles. The maximum Gasteiger partial charge on any atom is 0.348 e. The Labute approximate surface area is 60.7 Å². The third-order valence-electron chi connectivity index (χ3n) is 1.03. The number of nitrogens with two attached hydrogens (primary N) is 1. The van der Waals surface area contributed by atoms with E-state index < -0.39 is 10.3 Å². The van der Waals surface area contributed by atoms with Crippen molar-refractivity contribution < 1.29 is 13.0 Å². The highest BCUT2D eigenvalue weighted by Gasteiger charge is 2.11. The predicted octanol–water partition coefficient (Wildman–Crippen LogP) is -0.235. The molecule has 0 aromatic rings. The van der Waals surface area contributed by atoms with E-state index >= 15 is 0 Å². The van der Waals surface area contributed by atoms with Gasteiger partial charge in [0.25, 0.3) is 0 Å². The highest BCUT2D eigenvalue weighted by molar-refractivity contribution is 7.83. The van der Waals surface area contributed by atoms with E-state index in [2.05, 4.69) is 0 Å². The number of hydrogen-bond donors (Lipinski definition) is 2. The van der Waals surface area contributed by atoms with E-state index in [1.165, 1.54) is 0 Å². The molecule has 5 nitrogen and oxygen atoms in total. The number of rotatable bonds is 4. The number of hydrogen-bond acceptors (Lipinski definition) is 3. The van der Waals surface area contributed by atoms with Crippen LogP contribution < -0.4 is 5.84 Å². The Bertz CT molecular complexity index is 177. The largest absolute Gasteiger partial charge is 0.348 e. The van der Waals surface area contributed by atoms with Gasteiger partial charge in [-0.1, -0.05) is 13.3 Å². The molecule has 10 heavy (non-hydrogen) atoms. The van der Waals surface area contributed by atoms with Crippen LogP contribution in [0, 0.1) is 0 Å². The van der Waals surface area contributed by atoms with Gasteiger partial charge in [0, 0.05) is 6.54 Å². The molecular formula is C4H12N2O3S. The van der Waals surface area contributed by atoms with Gasteiger partial charge in [-0.05, 0) is 6.42 Å². The first kappa shape index (κ1) is 9.83. The molecule has 0 aliphatic rings. The van der Waals surface area contributed by atoms with Crippen LogP contribution in [0.3, 0.4) is 0 Å². The SMILES string of the molecule is CCCCN(N)S(=O)(=O)O. The summed E-state index contributed by atoms with van der Waals surface area (Å²) in [5.41, 5.74) is 0. The van der Waals surface area contributed by atoms with Gasteiger partial charge in [-0.2, -0.15) is 8.42 Å². The van der Waals surface area contributed by atoms with E-state index in [1.54, 1.807) is 0 Å². The maximum atomic E-state index is 10.2. The molecule has 0 heterocycles. The smallest absolute Gasteiger partial charge is 0.272 e. The molecule has 0 unspecified atom stereocenters. The first-order valence-electron chi connectivity index (χ1n) is 2.98. The molecule has 0 radical (unpaired) electrons. The minimum Gasteiger partial charge on any atom is -0.272 e. The van der Waals surface area contributed by atoms with Crippen LogP contribution in [0.2, 0.25) is 0 Å². The first-order valence-corrected chi connectivity index (χ1v) is 4.38. The molecule has 0 aliphatic carbocycles. The van der Waals surface area contributed by atoms with Crippen LogP contribution in [0.15, 0.2) is 0 Å². The minimum absolute atomic E-state index is 0.162. The second-order valence-electron chi connectivity index (χ2n) is 1.94. The summed E-state index contributed by atoms with van der Waals surface area (Å²) in [4.78, 5) is 0. The van der Waals surface area contributed by atoms with Gasteiger partial charge in [-0.25, -0.2) is 0 Å². The summed E-state index contributed by atoms with van der Waals surface area (Å²) in [7, 11) is -4.16. The zero-order valence-corrected chi connectivity index (χ0v) is 6.63. The Morgan fingerprint density at radius 1 is 1.60 bits per heavy atom. The Balaban J connectivity index is 3.75. The van der Waals surface area contributed by atoms with Crippen molar-refractivity contribution in [1.82, 2.24) is 4.41 Å². The highest BCUT2D eigenvalue weighted by Crippen LogP contribution is 1.93. The van der Waals surface area contributed by atoms with Crippen LogP contribution in [0.25, 0.3) is 0 Å². The van der Waals surface area contributed by atoms with Crippen molar-refractivity contribution >= 4 is 10.3 Å². The Kier molecular flexibility index (Phi) is 3.80. The lowest BCUT2D eigenvalue weighted by atomic mass is 10.3. The minimum atomic E-state index is -4.16. The summed E-state index contributed by atoms with van der Waals surface area (Å²) < 4.78 is 29.1. The lowest BCUT2D eigenvalue weighted by molar-refractivity contribution is 0.354. The Morgan fingerprint density at radius 2 is 2.10 bits per heavy atom. The summed E-state index contributed by atoms with van der Waals surface area (Å²) in [6.07, 6.45) is 1.49. The lowest BCUT2D eigenvalue weighted by Crippen LogP contribution is -2.37. The first-order chi connectivity index (χ1) is 4.48. The van der Waals surface area contributed by atoms with E-state index in [4.69, 9.17) is 10.4 Å². The van der Waals surface area contributed by atoms with Crippen molar-refractivity contribution in [2.75, 3.05) is 6.54 Å². The summed E-state index contributed by atoms with van der Waals surface area (Å²) in [6, 6.07) is 0. The van der Waals surface area contributed by atoms with E-state index in [-0.39, 0.29) is 6.54 Å². The van der Waals surface area contributed by atoms with Gasteiger partial charge < -0.3 is 0 Å². The molecule has 3 N–H and O–H groups in total. The molecule has 62 valence electrons. The van der Waals surface area contributed by atoms with Crippen molar-refractivity contribution in [2.45, 2.75) is 19.8 Å². The Morgan fingerprint density at radius 3 is 2.40 bits per heavy atom. The summed E-state index contributed by atoms with van der Waals surface area (Å²) in [5, 5.41) is 0. The zero-order valence-electron chi connectivity index (χ0n) is 5.82. The topological polar surface area (TPSA) is 83.6 Å². The second-order valence-corrected chi connectivity index (χ2v) is 3.31. The summed E-state index contributed by atoms with van der Waals surface area (Å²) in [5.74, 6) is 4.93. The lowest BCUT2D eigenvalue weighted by Gasteiger charge is -2.09. The van der Waals surface area contributed by atoms with Crippen LogP contribution >= 0.6 is 0 Å². The molecule has 0 aromatic heterocycles. The molecular weight excluding hydrogens is 156 g/mol. The van der Waals surface area contributed by atoms with Crippen molar-refractivity contribution in [3.63, 3.8) is 0 Å². The van der Waals surface area contributed by atoms with Gasteiger partial charge in [0.15, 0.2) is 0 Å². The molecule has 6 heteroatoms. The fourth-order valence-corrected chi connectivity index (χ4v) is 0.789. The van der Waals surface area contributed by atoms with Crippen molar-refractivity contribution in [3.8, 4) is 0 Å². The van der Waals surface area contributed by atoms with E-state index in [0.717, 1.165) is 6.42 Å². The fourth-order valence-electron chi connectivity index (χ4n) is 0.429. The van der Waals surface area contributed by atoms with Crippen molar-refractivity contribution in [1.29, 1.82) is 0 Å². The average molecular weight is 168 g/mol. The number of hydrazine groups is 1. The summed E-state index contributed by atoms with van der Waals surface area (Å²) in [6.45, 7) is 2.06. The standard InChI is InChI=1S/C4H12N2O3S/c1-2-3-4-6(5)10(7,8)9/h2-5H2,1H3,(H,7,8,9). The van der Waals surface area contributed by atoms with Crippen LogP contribution in [-0.2, 0) is 10.3 Å². The van der Waals surface area contributed by atoms with Crippen LogP contribution in [0.5, 0.6) is 0 Å². The zero-order chi connectivity index (χ0) is 8.20.